The van der Waals surface area contributed by atoms with Gasteiger partial charge in [-0.05, 0) is 36.4 Å². The van der Waals surface area contributed by atoms with Gasteiger partial charge in [-0.15, -0.1) is 13.2 Å². The van der Waals surface area contributed by atoms with E-state index in [0.29, 0.717) is 11.4 Å². The number of hydrogen-bond acceptors (Lipinski definition) is 4. The molecule has 2 N–H and O–H groups in total. The summed E-state index contributed by atoms with van der Waals surface area (Å²) in [5.74, 6) is -1.28. The molecule has 0 saturated heterocycles. The van der Waals surface area contributed by atoms with Gasteiger partial charge in [-0.25, -0.2) is 4.79 Å². The van der Waals surface area contributed by atoms with Crippen LogP contribution < -0.4 is 10.1 Å². The summed E-state index contributed by atoms with van der Waals surface area (Å²) in [6, 6.07) is 7.96. The lowest BCUT2D eigenvalue weighted by Crippen LogP contribution is -2.17. The van der Waals surface area contributed by atoms with Gasteiger partial charge in [-0.3, -0.25) is 0 Å². The van der Waals surface area contributed by atoms with Crippen molar-refractivity contribution >= 4 is 11.7 Å². The summed E-state index contributed by atoms with van der Waals surface area (Å²) < 4.78 is 44.7. The van der Waals surface area contributed by atoms with E-state index in [0.717, 1.165) is 0 Å². The molecule has 1 aromatic heterocycles. The molecule has 0 atom stereocenters. The van der Waals surface area contributed by atoms with Crippen LogP contribution in [0.1, 0.15) is 16.3 Å². The molecule has 1 heterocycles. The standard InChI is InChI=1S/C13H10F3NO4/c14-13(15,16)21-9-3-1-8(2-4-9)17-7-10-5-6-11(20-10)12(18)19/h1-6,17H,7H2,(H,18,19). The summed E-state index contributed by atoms with van der Waals surface area (Å²) in [6.45, 7) is 0.201. The highest BCUT2D eigenvalue weighted by Gasteiger charge is 2.30. The molecule has 5 nitrogen and oxygen atoms in total. The largest absolute Gasteiger partial charge is 0.573 e. The molecular formula is C13H10F3NO4. The van der Waals surface area contributed by atoms with Crippen molar-refractivity contribution in [2.24, 2.45) is 0 Å². The van der Waals surface area contributed by atoms with Crippen LogP contribution >= 0.6 is 0 Å². The highest BCUT2D eigenvalue weighted by atomic mass is 19.4. The maximum atomic E-state index is 12.0. The minimum atomic E-state index is -4.73. The Labute approximate surface area is 116 Å². The number of rotatable bonds is 5. The number of carbonyl (C=O) groups is 1. The van der Waals surface area contributed by atoms with E-state index in [-0.39, 0.29) is 18.1 Å². The van der Waals surface area contributed by atoms with E-state index in [9.17, 15) is 18.0 Å². The maximum Gasteiger partial charge on any atom is 0.573 e. The van der Waals surface area contributed by atoms with Gasteiger partial charge in [0.1, 0.15) is 11.5 Å². The molecule has 0 spiro atoms. The predicted octanol–water partition coefficient (Wildman–Crippen LogP) is 3.49. The number of benzene rings is 1. The van der Waals surface area contributed by atoms with Gasteiger partial charge < -0.3 is 19.6 Å². The Balaban J connectivity index is 1.92. The highest BCUT2D eigenvalue weighted by Crippen LogP contribution is 2.24. The number of carboxylic acid groups (broad SMARTS) is 1. The van der Waals surface area contributed by atoms with Gasteiger partial charge in [0.25, 0.3) is 0 Å². The summed E-state index contributed by atoms with van der Waals surface area (Å²) in [4.78, 5) is 10.6. The second-order valence-electron chi connectivity index (χ2n) is 4.00. The van der Waals surface area contributed by atoms with E-state index >= 15 is 0 Å². The molecule has 0 saturated carbocycles. The van der Waals surface area contributed by atoms with Crippen LogP contribution in [0.4, 0.5) is 18.9 Å². The smallest absolute Gasteiger partial charge is 0.475 e. The van der Waals surface area contributed by atoms with E-state index in [1.165, 1.54) is 36.4 Å². The fourth-order valence-corrected chi connectivity index (χ4v) is 1.55. The van der Waals surface area contributed by atoms with Crippen LogP contribution in [0.25, 0.3) is 0 Å². The van der Waals surface area contributed by atoms with Gasteiger partial charge in [0, 0.05) is 5.69 Å². The quantitative estimate of drug-likeness (QED) is 0.884. The number of halogens is 3. The van der Waals surface area contributed by atoms with Gasteiger partial charge in [0.15, 0.2) is 0 Å². The Hall–Kier alpha value is -2.64. The summed E-state index contributed by atoms with van der Waals surface area (Å²) >= 11 is 0. The predicted molar refractivity (Wildman–Crippen MR) is 66.1 cm³/mol. The van der Waals surface area contributed by atoms with Gasteiger partial charge in [-0.1, -0.05) is 0 Å². The Morgan fingerprint density at radius 2 is 1.86 bits per heavy atom. The van der Waals surface area contributed by atoms with Crippen LogP contribution in [0.15, 0.2) is 40.8 Å². The number of alkyl halides is 3. The summed E-state index contributed by atoms with van der Waals surface area (Å²) in [7, 11) is 0. The number of nitrogens with one attached hydrogen (secondary N) is 1. The molecule has 0 fully saturated rings. The minimum Gasteiger partial charge on any atom is -0.475 e. The first-order valence-electron chi connectivity index (χ1n) is 5.75. The Kier molecular flexibility index (Phi) is 4.06. The first-order chi connectivity index (χ1) is 9.83. The molecule has 0 aliphatic heterocycles. The molecule has 0 aliphatic rings. The molecule has 21 heavy (non-hydrogen) atoms. The molecule has 2 aromatic rings. The van der Waals surface area contributed by atoms with E-state index in [4.69, 9.17) is 9.52 Å². The van der Waals surface area contributed by atoms with Gasteiger partial charge in [0.05, 0.1) is 6.54 Å². The van der Waals surface area contributed by atoms with E-state index in [1.54, 1.807) is 0 Å². The molecule has 0 radical (unpaired) electrons. The monoisotopic (exact) mass is 301 g/mol. The van der Waals surface area contributed by atoms with Crippen LogP contribution in [0.2, 0.25) is 0 Å². The molecule has 2 rings (SSSR count). The summed E-state index contributed by atoms with van der Waals surface area (Å²) in [5.41, 5.74) is 0.540. The topological polar surface area (TPSA) is 71.7 Å². The van der Waals surface area contributed by atoms with Crippen LogP contribution in [-0.2, 0) is 6.54 Å². The fourth-order valence-electron chi connectivity index (χ4n) is 1.55. The van der Waals surface area contributed by atoms with Crippen molar-refractivity contribution in [2.45, 2.75) is 12.9 Å². The zero-order chi connectivity index (χ0) is 15.5. The third kappa shape index (κ3) is 4.44. The van der Waals surface area contributed by atoms with Gasteiger partial charge in [-0.2, -0.15) is 0 Å². The van der Waals surface area contributed by atoms with Crippen LogP contribution in [-0.4, -0.2) is 17.4 Å². The maximum absolute atomic E-state index is 12.0. The average Bonchev–Trinajstić information content (AvgIpc) is 2.85. The van der Waals surface area contributed by atoms with Crippen LogP contribution in [0, 0.1) is 0 Å². The first kappa shape index (κ1) is 14.8. The van der Waals surface area contributed by atoms with Crippen molar-refractivity contribution < 1.29 is 32.2 Å². The number of anilines is 1. The van der Waals surface area contributed by atoms with Crippen LogP contribution in [0.3, 0.4) is 0 Å². The molecule has 112 valence electrons. The molecular weight excluding hydrogens is 291 g/mol. The van der Waals surface area contributed by atoms with E-state index < -0.39 is 12.3 Å². The second-order valence-corrected chi connectivity index (χ2v) is 4.00. The zero-order valence-corrected chi connectivity index (χ0v) is 10.5. The number of ether oxygens (including phenoxy) is 1. The minimum absolute atomic E-state index is 0.180. The zero-order valence-electron chi connectivity index (χ0n) is 10.5. The summed E-state index contributed by atoms with van der Waals surface area (Å²) in [5, 5.41) is 11.6. The molecule has 0 unspecified atom stereocenters. The van der Waals surface area contributed by atoms with Crippen molar-refractivity contribution in [2.75, 3.05) is 5.32 Å². The van der Waals surface area contributed by atoms with E-state index in [2.05, 4.69) is 10.1 Å². The Bertz CT molecular complexity index is 619. The third-order valence-electron chi connectivity index (χ3n) is 2.43. The number of carboxylic acids is 1. The highest BCUT2D eigenvalue weighted by molar-refractivity contribution is 5.84. The number of hydrogen-bond donors (Lipinski definition) is 2. The lowest BCUT2D eigenvalue weighted by molar-refractivity contribution is -0.274. The van der Waals surface area contributed by atoms with E-state index in [1.807, 2.05) is 0 Å². The number of furan rings is 1. The summed E-state index contributed by atoms with van der Waals surface area (Å²) in [6.07, 6.45) is -4.73. The molecule has 8 heteroatoms. The SMILES string of the molecule is O=C(O)c1ccc(CNc2ccc(OC(F)(F)F)cc2)o1. The van der Waals surface area contributed by atoms with Crippen molar-refractivity contribution in [1.82, 2.24) is 0 Å². The van der Waals surface area contributed by atoms with Gasteiger partial charge >= 0.3 is 12.3 Å². The van der Waals surface area contributed by atoms with Crippen molar-refractivity contribution in [3.8, 4) is 5.75 Å². The molecule has 0 amide bonds. The number of aromatic carboxylic acids is 1. The lowest BCUT2D eigenvalue weighted by Gasteiger charge is -2.09. The third-order valence-corrected chi connectivity index (χ3v) is 2.43. The van der Waals surface area contributed by atoms with Crippen molar-refractivity contribution in [3.63, 3.8) is 0 Å². The van der Waals surface area contributed by atoms with Crippen molar-refractivity contribution in [1.29, 1.82) is 0 Å². The first-order valence-corrected chi connectivity index (χ1v) is 5.75. The average molecular weight is 301 g/mol. The Morgan fingerprint density at radius 1 is 1.19 bits per heavy atom. The van der Waals surface area contributed by atoms with Crippen molar-refractivity contribution in [3.05, 3.63) is 47.9 Å². The second kappa shape index (κ2) is 5.78. The fraction of sp³-hybridized carbons (Fsp3) is 0.154. The van der Waals surface area contributed by atoms with Gasteiger partial charge in [0.2, 0.25) is 5.76 Å². The molecule has 0 aliphatic carbocycles. The molecule has 1 aromatic carbocycles. The molecule has 0 bridgehead atoms. The Morgan fingerprint density at radius 3 is 2.38 bits per heavy atom. The van der Waals surface area contributed by atoms with Crippen LogP contribution in [0.5, 0.6) is 5.75 Å². The normalized spacial score (nSPS) is 11.2. The lowest BCUT2D eigenvalue weighted by atomic mass is 10.3.